The van der Waals surface area contributed by atoms with E-state index in [0.717, 1.165) is 22.7 Å². The Balaban J connectivity index is 1.71. The summed E-state index contributed by atoms with van der Waals surface area (Å²) in [4.78, 5) is 19.1. The zero-order valence-electron chi connectivity index (χ0n) is 16.5. The number of benzene rings is 2. The highest BCUT2D eigenvalue weighted by Gasteiger charge is 2.16. The van der Waals surface area contributed by atoms with E-state index in [-0.39, 0.29) is 5.91 Å². The monoisotopic (exact) mass is 375 g/mol. The van der Waals surface area contributed by atoms with Gasteiger partial charge in [0.15, 0.2) is 0 Å². The highest BCUT2D eigenvalue weighted by atomic mass is 16.5. The number of amides is 1. The smallest absolute Gasteiger partial charge is 0.259 e. The number of carbonyl (C=O) groups is 1. The molecule has 28 heavy (non-hydrogen) atoms. The number of nitrogens with one attached hydrogen (secondary N) is 1. The average Bonchev–Trinajstić information content (AvgIpc) is 2.71. The number of aryl methyl sites for hydroxylation is 1. The lowest BCUT2D eigenvalue weighted by molar-refractivity contribution is 0.0988. The van der Waals surface area contributed by atoms with Gasteiger partial charge in [-0.15, -0.1) is 0 Å². The third-order valence-electron chi connectivity index (χ3n) is 4.32. The predicted octanol–water partition coefficient (Wildman–Crippen LogP) is 5.20. The van der Waals surface area contributed by atoms with Crippen molar-refractivity contribution in [3.63, 3.8) is 0 Å². The van der Waals surface area contributed by atoms with Crippen molar-refractivity contribution in [3.05, 3.63) is 78.0 Å². The van der Waals surface area contributed by atoms with Crippen LogP contribution in [0.2, 0.25) is 0 Å². The van der Waals surface area contributed by atoms with Gasteiger partial charge in [0.25, 0.3) is 5.91 Å². The van der Waals surface area contributed by atoms with E-state index < -0.39 is 0 Å². The van der Waals surface area contributed by atoms with Crippen LogP contribution in [0.3, 0.4) is 0 Å². The Labute approximate surface area is 166 Å². The molecule has 1 heterocycles. The van der Waals surface area contributed by atoms with Crippen LogP contribution in [0.5, 0.6) is 5.75 Å². The summed E-state index contributed by atoms with van der Waals surface area (Å²) in [5, 5.41) is 3.23. The van der Waals surface area contributed by atoms with Crippen LogP contribution in [-0.2, 0) is 0 Å². The minimum atomic E-state index is -0.0618. The standard InChI is InChI=1S/C23H25N3O2/c1-4-26(20-8-6-7-17(3)15-20)23(27)18-9-14-22(24-16-18)25-19-10-12-21(13-11-19)28-5-2/h6-16H,4-5H2,1-3H3,(H,24,25). The molecule has 1 amide bonds. The molecule has 3 aromatic rings. The summed E-state index contributed by atoms with van der Waals surface area (Å²) in [6.45, 7) is 7.17. The van der Waals surface area contributed by atoms with Crippen molar-refractivity contribution < 1.29 is 9.53 Å². The van der Waals surface area contributed by atoms with Crippen molar-refractivity contribution in [1.82, 2.24) is 4.98 Å². The molecule has 5 nitrogen and oxygen atoms in total. The number of ether oxygens (including phenoxy) is 1. The maximum absolute atomic E-state index is 12.9. The van der Waals surface area contributed by atoms with Gasteiger partial charge in [0.1, 0.15) is 11.6 Å². The third-order valence-corrected chi connectivity index (χ3v) is 4.32. The summed E-state index contributed by atoms with van der Waals surface area (Å²) in [7, 11) is 0. The molecule has 0 atom stereocenters. The summed E-state index contributed by atoms with van der Waals surface area (Å²) >= 11 is 0. The maximum atomic E-state index is 12.9. The lowest BCUT2D eigenvalue weighted by Crippen LogP contribution is -2.30. The van der Waals surface area contributed by atoms with Gasteiger partial charge in [-0.2, -0.15) is 0 Å². The molecule has 2 aromatic carbocycles. The molecule has 1 N–H and O–H groups in total. The second-order valence-corrected chi connectivity index (χ2v) is 6.40. The highest BCUT2D eigenvalue weighted by Crippen LogP contribution is 2.21. The largest absolute Gasteiger partial charge is 0.494 e. The van der Waals surface area contributed by atoms with Crippen LogP contribution in [0.4, 0.5) is 17.2 Å². The Morgan fingerprint density at radius 3 is 2.46 bits per heavy atom. The van der Waals surface area contributed by atoms with E-state index in [1.165, 1.54) is 0 Å². The van der Waals surface area contributed by atoms with Gasteiger partial charge in [-0.05, 0) is 74.9 Å². The average molecular weight is 375 g/mol. The number of nitrogens with zero attached hydrogens (tertiary/aromatic N) is 2. The van der Waals surface area contributed by atoms with Gasteiger partial charge in [-0.1, -0.05) is 12.1 Å². The lowest BCUT2D eigenvalue weighted by Gasteiger charge is -2.21. The fourth-order valence-corrected chi connectivity index (χ4v) is 2.94. The van der Waals surface area contributed by atoms with Crippen LogP contribution in [0.25, 0.3) is 0 Å². The molecule has 144 valence electrons. The van der Waals surface area contributed by atoms with Crippen LogP contribution >= 0.6 is 0 Å². The second-order valence-electron chi connectivity index (χ2n) is 6.40. The molecular formula is C23H25N3O2. The normalized spacial score (nSPS) is 10.4. The Bertz CT molecular complexity index is 921. The molecule has 0 aliphatic rings. The fourth-order valence-electron chi connectivity index (χ4n) is 2.94. The molecule has 1 aromatic heterocycles. The Kier molecular flexibility index (Phi) is 6.27. The highest BCUT2D eigenvalue weighted by molar-refractivity contribution is 6.06. The molecule has 0 unspecified atom stereocenters. The van der Waals surface area contributed by atoms with E-state index in [0.29, 0.717) is 24.5 Å². The minimum absolute atomic E-state index is 0.0618. The number of carbonyl (C=O) groups excluding carboxylic acids is 1. The molecule has 3 rings (SSSR count). The zero-order chi connectivity index (χ0) is 19.9. The number of rotatable bonds is 7. The van der Waals surface area contributed by atoms with Crippen LogP contribution < -0.4 is 15.0 Å². The molecule has 0 aliphatic heterocycles. The topological polar surface area (TPSA) is 54.5 Å². The first-order valence-corrected chi connectivity index (χ1v) is 9.45. The van der Waals surface area contributed by atoms with Crippen molar-refractivity contribution in [2.24, 2.45) is 0 Å². The van der Waals surface area contributed by atoms with Crippen molar-refractivity contribution >= 4 is 23.1 Å². The molecule has 0 spiro atoms. The van der Waals surface area contributed by atoms with Crippen LogP contribution in [0.1, 0.15) is 29.8 Å². The summed E-state index contributed by atoms with van der Waals surface area (Å²) in [5.74, 6) is 1.45. The SMILES string of the molecule is CCOc1ccc(Nc2ccc(C(=O)N(CC)c3cccc(C)c3)cn2)cc1. The van der Waals surface area contributed by atoms with Crippen LogP contribution in [0.15, 0.2) is 66.9 Å². The van der Waals surface area contributed by atoms with Crippen molar-refractivity contribution in [1.29, 1.82) is 0 Å². The fraction of sp³-hybridized carbons (Fsp3) is 0.217. The molecule has 0 saturated heterocycles. The van der Waals surface area contributed by atoms with E-state index in [1.807, 2.05) is 75.4 Å². The third kappa shape index (κ3) is 4.68. The summed E-state index contributed by atoms with van der Waals surface area (Å²) in [5.41, 5.74) is 3.48. The van der Waals surface area contributed by atoms with Gasteiger partial charge in [0.05, 0.1) is 12.2 Å². The Morgan fingerprint density at radius 1 is 1.07 bits per heavy atom. The van der Waals surface area contributed by atoms with Crippen molar-refractivity contribution in [2.45, 2.75) is 20.8 Å². The zero-order valence-corrected chi connectivity index (χ0v) is 16.5. The predicted molar refractivity (Wildman–Crippen MR) is 114 cm³/mol. The number of anilines is 3. The first kappa shape index (κ1) is 19.4. The van der Waals surface area contributed by atoms with Crippen molar-refractivity contribution in [2.75, 3.05) is 23.4 Å². The molecule has 0 bridgehead atoms. The number of aromatic nitrogens is 1. The quantitative estimate of drug-likeness (QED) is 0.617. The van der Waals surface area contributed by atoms with E-state index in [1.54, 1.807) is 17.2 Å². The Hall–Kier alpha value is -3.34. The van der Waals surface area contributed by atoms with Gasteiger partial charge >= 0.3 is 0 Å². The van der Waals surface area contributed by atoms with E-state index in [9.17, 15) is 4.79 Å². The summed E-state index contributed by atoms with van der Waals surface area (Å²) in [6.07, 6.45) is 1.61. The second kappa shape index (κ2) is 9.04. The molecule has 0 saturated carbocycles. The van der Waals surface area contributed by atoms with Gasteiger partial charge in [0, 0.05) is 24.1 Å². The van der Waals surface area contributed by atoms with Crippen LogP contribution in [0, 0.1) is 6.92 Å². The summed E-state index contributed by atoms with van der Waals surface area (Å²) in [6, 6.07) is 19.2. The van der Waals surface area contributed by atoms with Gasteiger partial charge in [-0.25, -0.2) is 4.98 Å². The number of hydrogen-bond acceptors (Lipinski definition) is 4. The molecular weight excluding hydrogens is 350 g/mol. The summed E-state index contributed by atoms with van der Waals surface area (Å²) < 4.78 is 5.44. The lowest BCUT2D eigenvalue weighted by atomic mass is 10.1. The van der Waals surface area contributed by atoms with Gasteiger partial charge < -0.3 is 15.0 Å². The molecule has 5 heteroatoms. The van der Waals surface area contributed by atoms with Gasteiger partial charge in [0.2, 0.25) is 0 Å². The molecule has 0 radical (unpaired) electrons. The van der Waals surface area contributed by atoms with Crippen molar-refractivity contribution in [3.8, 4) is 5.75 Å². The van der Waals surface area contributed by atoms with Gasteiger partial charge in [-0.3, -0.25) is 4.79 Å². The maximum Gasteiger partial charge on any atom is 0.259 e. The van der Waals surface area contributed by atoms with E-state index >= 15 is 0 Å². The van der Waals surface area contributed by atoms with Crippen LogP contribution in [-0.4, -0.2) is 24.0 Å². The minimum Gasteiger partial charge on any atom is -0.494 e. The first-order valence-electron chi connectivity index (χ1n) is 9.45. The van der Waals surface area contributed by atoms with E-state index in [4.69, 9.17) is 4.74 Å². The molecule has 0 aliphatic carbocycles. The van der Waals surface area contributed by atoms with E-state index in [2.05, 4.69) is 10.3 Å². The number of hydrogen-bond donors (Lipinski definition) is 1. The number of pyridine rings is 1. The molecule has 0 fully saturated rings. The Morgan fingerprint density at radius 2 is 1.86 bits per heavy atom. The first-order chi connectivity index (χ1) is 13.6.